The number of allylic oxidation sites excluding steroid dienone is 1. The Morgan fingerprint density at radius 2 is 2.47 bits per heavy atom. The van der Waals surface area contributed by atoms with E-state index in [0.29, 0.717) is 6.04 Å². The van der Waals surface area contributed by atoms with Crippen molar-refractivity contribution in [2.24, 2.45) is 0 Å². The fourth-order valence-corrected chi connectivity index (χ4v) is 2.23. The van der Waals surface area contributed by atoms with Gasteiger partial charge < -0.3 is 5.32 Å². The molecule has 0 aliphatic heterocycles. The number of hydrogen-bond acceptors (Lipinski definition) is 3. The molecule has 0 aliphatic rings. The number of aromatic nitrogens is 1. The SMILES string of the molecule is C=CCCC(C)NCCc1cnc(C)s1. The van der Waals surface area contributed by atoms with E-state index in [0.717, 1.165) is 24.4 Å². The van der Waals surface area contributed by atoms with Gasteiger partial charge in [-0.2, -0.15) is 0 Å². The minimum absolute atomic E-state index is 0.581. The summed E-state index contributed by atoms with van der Waals surface area (Å²) in [4.78, 5) is 5.61. The van der Waals surface area contributed by atoms with Gasteiger partial charge in [0.05, 0.1) is 5.01 Å². The Bertz CT molecular complexity index is 294. The molecule has 1 rings (SSSR count). The zero-order valence-electron chi connectivity index (χ0n) is 9.62. The second-order valence-electron chi connectivity index (χ2n) is 3.82. The Kier molecular flexibility index (Phi) is 5.58. The van der Waals surface area contributed by atoms with Crippen molar-refractivity contribution in [1.29, 1.82) is 0 Å². The first-order valence-corrected chi connectivity index (χ1v) is 6.29. The summed E-state index contributed by atoms with van der Waals surface area (Å²) in [5.74, 6) is 0. The van der Waals surface area contributed by atoms with Crippen LogP contribution in [0.5, 0.6) is 0 Å². The van der Waals surface area contributed by atoms with Crippen LogP contribution in [0.2, 0.25) is 0 Å². The number of aryl methyl sites for hydroxylation is 1. The first kappa shape index (κ1) is 12.4. The first-order valence-electron chi connectivity index (χ1n) is 5.48. The van der Waals surface area contributed by atoms with Crippen molar-refractivity contribution in [3.05, 3.63) is 28.7 Å². The smallest absolute Gasteiger partial charge is 0.0896 e. The second-order valence-corrected chi connectivity index (χ2v) is 5.14. The summed E-state index contributed by atoms with van der Waals surface area (Å²) in [5.41, 5.74) is 0. The maximum atomic E-state index is 4.24. The molecule has 0 saturated carbocycles. The van der Waals surface area contributed by atoms with Gasteiger partial charge in [0.1, 0.15) is 0 Å². The van der Waals surface area contributed by atoms with E-state index >= 15 is 0 Å². The molecule has 3 heteroatoms. The summed E-state index contributed by atoms with van der Waals surface area (Å²) in [6.07, 6.45) is 7.31. The second kappa shape index (κ2) is 6.75. The quantitative estimate of drug-likeness (QED) is 0.720. The molecular weight excluding hydrogens is 204 g/mol. The van der Waals surface area contributed by atoms with Crippen LogP contribution < -0.4 is 5.32 Å². The van der Waals surface area contributed by atoms with Crippen LogP contribution in [0.15, 0.2) is 18.9 Å². The highest BCUT2D eigenvalue weighted by Gasteiger charge is 2.01. The van der Waals surface area contributed by atoms with Gasteiger partial charge >= 0.3 is 0 Å². The van der Waals surface area contributed by atoms with Crippen molar-refractivity contribution in [1.82, 2.24) is 10.3 Å². The van der Waals surface area contributed by atoms with Gasteiger partial charge in [0, 0.05) is 23.7 Å². The van der Waals surface area contributed by atoms with Gasteiger partial charge in [-0.25, -0.2) is 4.98 Å². The predicted molar refractivity (Wildman–Crippen MR) is 67.5 cm³/mol. The van der Waals surface area contributed by atoms with Crippen molar-refractivity contribution in [2.45, 2.75) is 39.2 Å². The van der Waals surface area contributed by atoms with Crippen LogP contribution >= 0.6 is 11.3 Å². The Labute approximate surface area is 96.4 Å². The Hall–Kier alpha value is -0.670. The monoisotopic (exact) mass is 224 g/mol. The molecule has 1 aromatic heterocycles. The minimum Gasteiger partial charge on any atom is -0.314 e. The fourth-order valence-electron chi connectivity index (χ4n) is 1.43. The third-order valence-corrected chi connectivity index (χ3v) is 3.31. The lowest BCUT2D eigenvalue weighted by molar-refractivity contribution is 0.522. The highest BCUT2D eigenvalue weighted by molar-refractivity contribution is 7.11. The molecule has 84 valence electrons. The number of hydrogen-bond donors (Lipinski definition) is 1. The van der Waals surface area contributed by atoms with Crippen LogP contribution in [0.4, 0.5) is 0 Å². The molecule has 1 atom stereocenters. The molecule has 2 nitrogen and oxygen atoms in total. The summed E-state index contributed by atoms with van der Waals surface area (Å²) >= 11 is 1.79. The lowest BCUT2D eigenvalue weighted by Gasteiger charge is -2.11. The van der Waals surface area contributed by atoms with Crippen LogP contribution in [-0.2, 0) is 6.42 Å². The highest BCUT2D eigenvalue weighted by atomic mass is 32.1. The Morgan fingerprint density at radius 3 is 3.07 bits per heavy atom. The topological polar surface area (TPSA) is 24.9 Å². The van der Waals surface area contributed by atoms with E-state index in [1.165, 1.54) is 11.3 Å². The minimum atomic E-state index is 0.581. The number of nitrogens with zero attached hydrogens (tertiary/aromatic N) is 1. The molecule has 0 aliphatic carbocycles. The van der Waals surface area contributed by atoms with E-state index in [1.54, 1.807) is 11.3 Å². The number of nitrogens with one attached hydrogen (secondary N) is 1. The summed E-state index contributed by atoms with van der Waals surface area (Å²) in [5, 5.41) is 4.66. The lowest BCUT2D eigenvalue weighted by atomic mass is 10.2. The molecule has 0 spiro atoms. The first-order chi connectivity index (χ1) is 7.22. The number of rotatable bonds is 7. The van der Waals surface area contributed by atoms with Gasteiger partial charge in [0.25, 0.3) is 0 Å². The summed E-state index contributed by atoms with van der Waals surface area (Å²) in [6, 6.07) is 0.581. The maximum absolute atomic E-state index is 4.24. The van der Waals surface area contributed by atoms with E-state index in [-0.39, 0.29) is 0 Å². The molecule has 1 heterocycles. The van der Waals surface area contributed by atoms with Crippen LogP contribution in [0.1, 0.15) is 29.7 Å². The van der Waals surface area contributed by atoms with Crippen molar-refractivity contribution in [3.63, 3.8) is 0 Å². The fraction of sp³-hybridized carbons (Fsp3) is 0.583. The van der Waals surface area contributed by atoms with Gasteiger partial charge in [-0.1, -0.05) is 6.08 Å². The van der Waals surface area contributed by atoms with Crippen LogP contribution in [0.25, 0.3) is 0 Å². The van der Waals surface area contributed by atoms with Gasteiger partial charge in [0.15, 0.2) is 0 Å². The normalized spacial score (nSPS) is 12.7. The van der Waals surface area contributed by atoms with Gasteiger partial charge in [-0.15, -0.1) is 17.9 Å². The van der Waals surface area contributed by atoms with E-state index in [9.17, 15) is 0 Å². The summed E-state index contributed by atoms with van der Waals surface area (Å²) < 4.78 is 0. The highest BCUT2D eigenvalue weighted by Crippen LogP contribution is 2.11. The lowest BCUT2D eigenvalue weighted by Crippen LogP contribution is -2.27. The summed E-state index contributed by atoms with van der Waals surface area (Å²) in [6.45, 7) is 9.04. The Balaban J connectivity index is 2.13. The average Bonchev–Trinajstić information content (AvgIpc) is 2.61. The third-order valence-electron chi connectivity index (χ3n) is 2.34. The molecule has 0 fully saturated rings. The molecule has 0 radical (unpaired) electrons. The van der Waals surface area contributed by atoms with Crippen molar-refractivity contribution >= 4 is 11.3 Å². The molecule has 0 amide bonds. The molecular formula is C12H20N2S. The van der Waals surface area contributed by atoms with Crippen LogP contribution in [-0.4, -0.2) is 17.6 Å². The van der Waals surface area contributed by atoms with Crippen LogP contribution in [0, 0.1) is 6.92 Å². The zero-order valence-corrected chi connectivity index (χ0v) is 10.4. The van der Waals surface area contributed by atoms with Crippen LogP contribution in [0.3, 0.4) is 0 Å². The van der Waals surface area contributed by atoms with E-state index in [4.69, 9.17) is 0 Å². The molecule has 0 aromatic carbocycles. The zero-order chi connectivity index (χ0) is 11.1. The molecule has 15 heavy (non-hydrogen) atoms. The molecule has 0 saturated heterocycles. The molecule has 1 aromatic rings. The van der Waals surface area contributed by atoms with E-state index in [1.807, 2.05) is 19.2 Å². The third kappa shape index (κ3) is 5.09. The van der Waals surface area contributed by atoms with E-state index < -0.39 is 0 Å². The largest absolute Gasteiger partial charge is 0.314 e. The van der Waals surface area contributed by atoms with Gasteiger partial charge in [-0.3, -0.25) is 0 Å². The maximum Gasteiger partial charge on any atom is 0.0896 e. The van der Waals surface area contributed by atoms with Gasteiger partial charge in [0.2, 0.25) is 0 Å². The molecule has 1 unspecified atom stereocenters. The predicted octanol–water partition coefficient (Wildman–Crippen LogP) is 2.94. The van der Waals surface area contributed by atoms with Crippen molar-refractivity contribution in [3.8, 4) is 0 Å². The van der Waals surface area contributed by atoms with Crippen molar-refractivity contribution < 1.29 is 0 Å². The van der Waals surface area contributed by atoms with E-state index in [2.05, 4.69) is 23.8 Å². The number of thiazole rings is 1. The standard InChI is InChI=1S/C12H20N2S/c1-4-5-6-10(2)13-8-7-12-9-14-11(3)15-12/h4,9-10,13H,1,5-8H2,2-3H3. The Morgan fingerprint density at radius 1 is 1.67 bits per heavy atom. The molecule has 0 bridgehead atoms. The van der Waals surface area contributed by atoms with Crippen molar-refractivity contribution in [2.75, 3.05) is 6.54 Å². The summed E-state index contributed by atoms with van der Waals surface area (Å²) in [7, 11) is 0. The average molecular weight is 224 g/mol. The molecule has 1 N–H and O–H groups in total. The van der Waals surface area contributed by atoms with Gasteiger partial charge in [-0.05, 0) is 33.1 Å².